The van der Waals surface area contributed by atoms with Crippen molar-refractivity contribution in [2.24, 2.45) is 11.5 Å². The molecule has 1 aromatic carbocycles. The van der Waals surface area contributed by atoms with Crippen molar-refractivity contribution in [3.63, 3.8) is 0 Å². The molecule has 1 atom stereocenters. The van der Waals surface area contributed by atoms with Gasteiger partial charge in [-0.25, -0.2) is 0 Å². The Morgan fingerprint density at radius 1 is 1.53 bits per heavy atom. The zero-order chi connectivity index (χ0) is 12.4. The fraction of sp³-hybridized carbons (Fsp3) is 0.417. The van der Waals surface area contributed by atoms with Crippen LogP contribution in [0.2, 0.25) is 0 Å². The summed E-state index contributed by atoms with van der Waals surface area (Å²) in [5, 5.41) is 2.81. The highest BCUT2D eigenvalue weighted by Crippen LogP contribution is 2.27. The number of amides is 1. The highest BCUT2D eigenvalue weighted by Gasteiger charge is 2.18. The molecule has 0 aromatic heterocycles. The molecule has 0 bridgehead atoms. The lowest BCUT2D eigenvalue weighted by atomic mass is 10.1. The molecule has 1 unspecified atom stereocenters. The molecule has 2 rings (SSSR count). The van der Waals surface area contributed by atoms with E-state index in [1.165, 1.54) is 0 Å². The summed E-state index contributed by atoms with van der Waals surface area (Å²) in [6.07, 6.45) is 0.458. The third-order valence-electron chi connectivity index (χ3n) is 2.97. The summed E-state index contributed by atoms with van der Waals surface area (Å²) in [6, 6.07) is 5.90. The number of carbonyl (C=O) groups excluding carboxylic acids is 1. The van der Waals surface area contributed by atoms with Crippen LogP contribution >= 0.6 is 0 Å². The van der Waals surface area contributed by atoms with Gasteiger partial charge in [0.15, 0.2) is 0 Å². The highest BCUT2D eigenvalue weighted by molar-refractivity contribution is 5.99. The molecule has 1 aliphatic rings. The molecule has 17 heavy (non-hydrogen) atoms. The minimum absolute atomic E-state index is 0.0342. The third-order valence-corrected chi connectivity index (χ3v) is 2.97. The molecule has 1 aromatic rings. The Morgan fingerprint density at radius 3 is 3.00 bits per heavy atom. The van der Waals surface area contributed by atoms with E-state index in [1.54, 1.807) is 0 Å². The van der Waals surface area contributed by atoms with Gasteiger partial charge in [0, 0.05) is 37.6 Å². The maximum atomic E-state index is 11.2. The van der Waals surface area contributed by atoms with Gasteiger partial charge in [-0.2, -0.15) is 0 Å². The average molecular weight is 234 g/mol. The second kappa shape index (κ2) is 4.73. The Hall–Kier alpha value is -1.59. The summed E-state index contributed by atoms with van der Waals surface area (Å²) >= 11 is 0. The van der Waals surface area contributed by atoms with Crippen molar-refractivity contribution in [1.82, 2.24) is 0 Å². The molecule has 0 fully saturated rings. The van der Waals surface area contributed by atoms with Crippen LogP contribution in [0, 0.1) is 0 Å². The molecule has 0 radical (unpaired) electrons. The summed E-state index contributed by atoms with van der Waals surface area (Å²) in [6.45, 7) is 1.17. The number of nitrogens with zero attached hydrogens (tertiary/aromatic N) is 1. The van der Waals surface area contributed by atoms with E-state index < -0.39 is 0 Å². The summed E-state index contributed by atoms with van der Waals surface area (Å²) in [4.78, 5) is 13.3. The Balaban J connectivity index is 2.12. The third kappa shape index (κ3) is 2.57. The molecule has 0 saturated carbocycles. The summed E-state index contributed by atoms with van der Waals surface area (Å²) in [5.74, 6) is 0.0541. The van der Waals surface area contributed by atoms with Crippen LogP contribution < -0.4 is 21.7 Å². The first-order valence-corrected chi connectivity index (χ1v) is 5.69. The molecule has 1 amide bonds. The number of fused-ring (bicyclic) bond motifs is 1. The van der Waals surface area contributed by atoms with E-state index in [1.807, 2.05) is 25.2 Å². The molecule has 0 saturated heterocycles. The molecule has 0 aliphatic carbocycles. The van der Waals surface area contributed by atoms with Crippen LogP contribution in [-0.4, -0.2) is 32.1 Å². The first-order valence-electron chi connectivity index (χ1n) is 5.69. The van der Waals surface area contributed by atoms with E-state index in [9.17, 15) is 4.79 Å². The number of carbonyl (C=O) groups is 1. The summed E-state index contributed by atoms with van der Waals surface area (Å²) < 4.78 is 0. The van der Waals surface area contributed by atoms with Crippen LogP contribution in [-0.2, 0) is 11.2 Å². The van der Waals surface area contributed by atoms with Crippen LogP contribution in [0.4, 0.5) is 11.4 Å². The van der Waals surface area contributed by atoms with Gasteiger partial charge in [0.2, 0.25) is 5.91 Å². The molecule has 5 N–H and O–H groups in total. The van der Waals surface area contributed by atoms with E-state index in [2.05, 4.69) is 10.2 Å². The van der Waals surface area contributed by atoms with Crippen LogP contribution in [0.1, 0.15) is 5.56 Å². The first kappa shape index (κ1) is 11.9. The molecular weight excluding hydrogens is 216 g/mol. The fourth-order valence-electron chi connectivity index (χ4n) is 1.98. The van der Waals surface area contributed by atoms with E-state index in [0.717, 1.165) is 16.9 Å². The van der Waals surface area contributed by atoms with Gasteiger partial charge in [0.25, 0.3) is 0 Å². The lowest BCUT2D eigenvalue weighted by Gasteiger charge is -2.23. The lowest BCUT2D eigenvalue weighted by Crippen LogP contribution is -2.40. The van der Waals surface area contributed by atoms with Crippen molar-refractivity contribution in [2.45, 2.75) is 12.5 Å². The van der Waals surface area contributed by atoms with E-state index in [4.69, 9.17) is 11.5 Å². The minimum atomic E-state index is -0.0342. The van der Waals surface area contributed by atoms with Crippen LogP contribution in [0.15, 0.2) is 18.2 Å². The lowest BCUT2D eigenvalue weighted by molar-refractivity contribution is -0.115. The maximum Gasteiger partial charge on any atom is 0.228 e. The normalized spacial score (nSPS) is 15.4. The minimum Gasteiger partial charge on any atom is -0.373 e. The van der Waals surface area contributed by atoms with Crippen LogP contribution in [0.3, 0.4) is 0 Å². The number of hydrogen-bond acceptors (Lipinski definition) is 4. The summed E-state index contributed by atoms with van der Waals surface area (Å²) in [7, 11) is 1.97. The van der Waals surface area contributed by atoms with Crippen molar-refractivity contribution in [1.29, 1.82) is 0 Å². The second-order valence-corrected chi connectivity index (χ2v) is 4.44. The number of likely N-dealkylation sites (N-methyl/N-ethyl adjacent to an activating group) is 1. The van der Waals surface area contributed by atoms with Gasteiger partial charge in [0.05, 0.1) is 6.42 Å². The van der Waals surface area contributed by atoms with Gasteiger partial charge < -0.3 is 21.7 Å². The second-order valence-electron chi connectivity index (χ2n) is 4.44. The Kier molecular flexibility index (Phi) is 3.31. The predicted molar refractivity (Wildman–Crippen MR) is 69.1 cm³/mol. The number of anilines is 2. The van der Waals surface area contributed by atoms with E-state index in [0.29, 0.717) is 19.5 Å². The standard InChI is InChI=1S/C12H18N4O/c1-16(7-9(14)6-13)10-2-3-11-8(4-10)5-12(17)15-11/h2-4,9H,5-7,13-14H2,1H3,(H,15,17). The highest BCUT2D eigenvalue weighted by atomic mass is 16.1. The fourth-order valence-corrected chi connectivity index (χ4v) is 1.98. The van der Waals surface area contributed by atoms with Gasteiger partial charge in [-0.15, -0.1) is 0 Å². The molecule has 5 nitrogen and oxygen atoms in total. The van der Waals surface area contributed by atoms with E-state index in [-0.39, 0.29) is 11.9 Å². The number of rotatable bonds is 4. The van der Waals surface area contributed by atoms with Gasteiger partial charge >= 0.3 is 0 Å². The van der Waals surface area contributed by atoms with Crippen molar-refractivity contribution < 1.29 is 4.79 Å². The molecule has 1 aliphatic heterocycles. The topological polar surface area (TPSA) is 84.4 Å². The monoisotopic (exact) mass is 234 g/mol. The first-order chi connectivity index (χ1) is 8.10. The molecule has 92 valence electrons. The van der Waals surface area contributed by atoms with Crippen molar-refractivity contribution in [3.8, 4) is 0 Å². The zero-order valence-corrected chi connectivity index (χ0v) is 9.94. The summed E-state index contributed by atoms with van der Waals surface area (Å²) in [5.41, 5.74) is 14.3. The van der Waals surface area contributed by atoms with Gasteiger partial charge in [-0.1, -0.05) is 0 Å². The molecular formula is C12H18N4O. The SMILES string of the molecule is CN(CC(N)CN)c1ccc2c(c1)CC(=O)N2. The average Bonchev–Trinajstić information content (AvgIpc) is 2.67. The number of hydrogen-bond donors (Lipinski definition) is 3. The van der Waals surface area contributed by atoms with Crippen LogP contribution in [0.25, 0.3) is 0 Å². The maximum absolute atomic E-state index is 11.2. The van der Waals surface area contributed by atoms with Crippen molar-refractivity contribution in [3.05, 3.63) is 23.8 Å². The zero-order valence-electron chi connectivity index (χ0n) is 9.94. The molecule has 0 spiro atoms. The number of nitrogens with two attached hydrogens (primary N) is 2. The van der Waals surface area contributed by atoms with E-state index >= 15 is 0 Å². The van der Waals surface area contributed by atoms with Crippen molar-refractivity contribution in [2.75, 3.05) is 30.4 Å². The molecule has 5 heteroatoms. The van der Waals surface area contributed by atoms with Gasteiger partial charge in [-0.05, 0) is 23.8 Å². The smallest absolute Gasteiger partial charge is 0.228 e. The quantitative estimate of drug-likeness (QED) is 0.679. The number of nitrogens with one attached hydrogen (secondary N) is 1. The van der Waals surface area contributed by atoms with Crippen LogP contribution in [0.5, 0.6) is 0 Å². The molecule has 1 heterocycles. The van der Waals surface area contributed by atoms with Gasteiger partial charge in [0.1, 0.15) is 0 Å². The predicted octanol–water partition coefficient (Wildman–Crippen LogP) is -0.0966. The van der Waals surface area contributed by atoms with Gasteiger partial charge in [-0.3, -0.25) is 4.79 Å². The Morgan fingerprint density at radius 2 is 2.29 bits per heavy atom. The largest absolute Gasteiger partial charge is 0.373 e. The number of benzene rings is 1. The Labute approximate surface area is 101 Å². The Bertz CT molecular complexity index is 433. The van der Waals surface area contributed by atoms with Crippen molar-refractivity contribution >= 4 is 17.3 Å².